The summed E-state index contributed by atoms with van der Waals surface area (Å²) in [6, 6.07) is 13.7. The maximum Gasteiger partial charge on any atom is 3.00 e. The Balaban J connectivity index is -0.000000531. The van der Waals surface area contributed by atoms with E-state index in [1.807, 2.05) is 61.0 Å². The Labute approximate surface area is 238 Å². The number of nitrogens with zero attached hydrogens (tertiary/aromatic N) is 7. The van der Waals surface area contributed by atoms with Gasteiger partial charge in [0.25, 0.3) is 0 Å². The summed E-state index contributed by atoms with van der Waals surface area (Å²) < 4.78 is 11.4. The molecule has 0 bridgehead atoms. The fraction of sp³-hybridized carbons (Fsp3) is 0.235. The van der Waals surface area contributed by atoms with Gasteiger partial charge in [0.2, 0.25) is 0 Å². The fourth-order valence-corrected chi connectivity index (χ4v) is 2.06. The van der Waals surface area contributed by atoms with Crippen molar-refractivity contribution < 1.29 is 59.9 Å². The van der Waals surface area contributed by atoms with E-state index >= 15 is 0 Å². The molecular formula is C17H20N7O10SSm. The second kappa shape index (κ2) is 20.9. The fourth-order valence-electron chi connectivity index (χ4n) is 2.06. The molecule has 0 saturated carbocycles. The van der Waals surface area contributed by atoms with Gasteiger partial charge in [-0.3, -0.25) is 9.19 Å². The second-order valence-electron chi connectivity index (χ2n) is 5.85. The van der Waals surface area contributed by atoms with Crippen molar-refractivity contribution >= 4 is 10.8 Å². The molecule has 3 heterocycles. The van der Waals surface area contributed by atoms with Gasteiger partial charge in [-0.05, 0) is 44.2 Å². The van der Waals surface area contributed by atoms with Crippen LogP contribution in [0.5, 0.6) is 0 Å². The van der Waals surface area contributed by atoms with Crippen LogP contribution in [0, 0.1) is 100 Å². The summed E-state index contributed by atoms with van der Waals surface area (Å²) >= 11 is 0. The van der Waals surface area contributed by atoms with E-state index in [1.54, 1.807) is 18.7 Å². The molecule has 0 aliphatic carbocycles. The van der Waals surface area contributed by atoms with Gasteiger partial charge in [0, 0.05) is 35.2 Å². The summed E-state index contributed by atoms with van der Waals surface area (Å²) in [5, 5.41) is 48.7. The molecule has 0 spiro atoms. The van der Waals surface area contributed by atoms with Gasteiger partial charge in [0.1, 0.15) is 0 Å². The third kappa shape index (κ3) is 22.4. The molecule has 19 heteroatoms. The second-order valence-corrected chi connectivity index (χ2v) is 7.33. The topological polar surface area (TPSA) is 259 Å². The molecule has 0 N–H and O–H groups in total. The van der Waals surface area contributed by atoms with E-state index in [-0.39, 0.29) is 40.4 Å². The Hall–Kier alpha value is -3.40. The number of rotatable bonds is 2. The third-order valence-electron chi connectivity index (χ3n) is 2.89. The molecule has 0 aliphatic heterocycles. The zero-order chi connectivity index (χ0) is 27.6. The Morgan fingerprint density at radius 1 is 0.806 bits per heavy atom. The van der Waals surface area contributed by atoms with Gasteiger partial charge in [-0.1, -0.05) is 12.1 Å². The summed E-state index contributed by atoms with van der Waals surface area (Å²) in [5.41, 5.74) is 3.78. The van der Waals surface area contributed by atoms with E-state index < -0.39 is 26.1 Å². The minimum Gasteiger partial charge on any atom is -0.356 e. The number of hydrogen-bond acceptors (Lipinski definition) is 13. The molecule has 0 saturated heterocycles. The molecule has 0 unspecified atom stereocenters. The van der Waals surface area contributed by atoms with Gasteiger partial charge in [0.15, 0.2) is 5.82 Å². The molecule has 0 amide bonds. The van der Waals surface area contributed by atoms with Gasteiger partial charge < -0.3 is 46.0 Å². The van der Waals surface area contributed by atoms with Gasteiger partial charge in [0.05, 0.1) is 32.3 Å². The van der Waals surface area contributed by atoms with Crippen LogP contribution in [0.3, 0.4) is 0 Å². The molecular weight excluding hydrogens is 645 g/mol. The first-order valence-electron chi connectivity index (χ1n) is 8.79. The first-order valence-corrected chi connectivity index (χ1v) is 10.8. The number of aromatic nitrogens is 4. The largest absolute Gasteiger partial charge is 3.00 e. The Bertz CT molecular complexity index is 1040. The Kier molecular flexibility index (Phi) is 21.6. The predicted molar refractivity (Wildman–Crippen MR) is 125 cm³/mol. The zero-order valence-electron chi connectivity index (χ0n) is 19.1. The molecule has 0 fully saturated rings. The van der Waals surface area contributed by atoms with Crippen molar-refractivity contribution in [3.05, 3.63) is 106 Å². The van der Waals surface area contributed by atoms with E-state index in [2.05, 4.69) is 15.1 Å². The standard InChI is InChI=1S/C15H14N4.C2H6OS.3NO3.Sm/c1-11-10-12(2)19(18-11)15-8-5-7-14(17-15)13-6-3-4-9-16-13;1-4(2)3;3*2-1(3)4;/h3-10H,1-2H3;1-2H3;;;;/q;;3*-1;+3. The van der Waals surface area contributed by atoms with Crippen molar-refractivity contribution in [1.29, 1.82) is 0 Å². The maximum atomic E-state index is 9.56. The summed E-state index contributed by atoms with van der Waals surface area (Å²) in [7, 11) is -0.611. The van der Waals surface area contributed by atoms with Crippen LogP contribution >= 0.6 is 0 Å². The first-order chi connectivity index (χ1) is 16.2. The molecule has 0 aromatic carbocycles. The van der Waals surface area contributed by atoms with Crippen molar-refractivity contribution in [3.63, 3.8) is 0 Å². The van der Waals surface area contributed by atoms with E-state index in [0.29, 0.717) is 0 Å². The monoisotopic (exact) mass is 666 g/mol. The smallest absolute Gasteiger partial charge is 0.356 e. The van der Waals surface area contributed by atoms with Gasteiger partial charge in [-0.15, -0.1) is 0 Å². The van der Waals surface area contributed by atoms with Crippen LogP contribution in [0.4, 0.5) is 0 Å². The molecule has 0 aliphatic rings. The van der Waals surface area contributed by atoms with Crippen LogP contribution in [-0.4, -0.2) is 51.7 Å². The van der Waals surface area contributed by atoms with Crippen molar-refractivity contribution in [2.75, 3.05) is 12.5 Å². The van der Waals surface area contributed by atoms with Crippen molar-refractivity contribution in [3.8, 4) is 17.2 Å². The average molecular weight is 665 g/mol. The average Bonchev–Trinajstić information content (AvgIpc) is 3.05. The van der Waals surface area contributed by atoms with E-state index in [9.17, 15) is 4.21 Å². The summed E-state index contributed by atoms with van der Waals surface area (Å²) in [6.07, 6.45) is 5.05. The van der Waals surface area contributed by atoms with Crippen molar-refractivity contribution in [2.24, 2.45) is 0 Å². The van der Waals surface area contributed by atoms with Crippen LogP contribution < -0.4 is 0 Å². The molecule has 17 nitrogen and oxygen atoms in total. The van der Waals surface area contributed by atoms with Crippen molar-refractivity contribution in [1.82, 2.24) is 19.7 Å². The Morgan fingerprint density at radius 3 is 1.61 bits per heavy atom. The molecule has 0 atom stereocenters. The molecule has 3 rings (SSSR count). The quantitative estimate of drug-likeness (QED) is 0.281. The number of aryl methyl sites for hydroxylation is 2. The number of pyridine rings is 2. The third-order valence-corrected chi connectivity index (χ3v) is 2.89. The summed E-state index contributed by atoms with van der Waals surface area (Å²) in [4.78, 5) is 33.7. The molecule has 36 heavy (non-hydrogen) atoms. The van der Waals surface area contributed by atoms with Crippen LogP contribution in [0.2, 0.25) is 0 Å². The summed E-state index contributed by atoms with van der Waals surface area (Å²) in [6.45, 7) is 4.00. The summed E-state index contributed by atoms with van der Waals surface area (Å²) in [5.74, 6) is 0.814. The van der Waals surface area contributed by atoms with E-state index in [1.165, 1.54) is 0 Å². The van der Waals surface area contributed by atoms with Crippen LogP contribution in [0.25, 0.3) is 17.2 Å². The van der Waals surface area contributed by atoms with Crippen LogP contribution in [-0.2, 0) is 10.8 Å². The number of hydrogen-bond donors (Lipinski definition) is 0. The SMILES string of the molecule is CS(C)=O.Cc1cc(C)n(-c2cccc(-c3ccccn3)n2)n1.O=[N+]([O-])[O-].O=[N+]([O-])[O-].O=[N+]([O-])[O-].[Sm+3]. The van der Waals surface area contributed by atoms with Crippen LogP contribution in [0.1, 0.15) is 11.4 Å². The maximum absolute atomic E-state index is 9.56. The molecule has 195 valence electrons. The first kappa shape index (κ1) is 37.2. The predicted octanol–water partition coefficient (Wildman–Crippen LogP) is 2.22. The van der Waals surface area contributed by atoms with Crippen molar-refractivity contribution in [2.45, 2.75) is 13.8 Å². The van der Waals surface area contributed by atoms with E-state index in [4.69, 9.17) is 46.0 Å². The zero-order valence-corrected chi connectivity index (χ0v) is 22.6. The molecule has 1 radical (unpaired) electrons. The minimum absolute atomic E-state index is 0. The normalized spacial score (nSPS) is 8.58. The van der Waals surface area contributed by atoms with Gasteiger partial charge in [-0.2, -0.15) is 5.10 Å². The van der Waals surface area contributed by atoms with E-state index in [0.717, 1.165) is 28.6 Å². The van der Waals surface area contributed by atoms with Gasteiger partial charge in [-0.25, -0.2) is 9.67 Å². The molecule has 3 aromatic heterocycles. The van der Waals surface area contributed by atoms with Crippen LogP contribution in [0.15, 0.2) is 48.7 Å². The Morgan fingerprint density at radius 2 is 1.25 bits per heavy atom. The molecule has 3 aromatic rings. The van der Waals surface area contributed by atoms with Gasteiger partial charge >= 0.3 is 40.4 Å². The minimum atomic E-state index is -1.75.